The molecule has 0 bridgehead atoms. The molecule has 0 N–H and O–H groups in total. The van der Waals surface area contributed by atoms with Crippen LogP contribution in [0.25, 0.3) is 0 Å². The highest BCUT2D eigenvalue weighted by molar-refractivity contribution is 5.70. The number of allylic oxidation sites excluding steroid dienone is 14. The Balaban J connectivity index is 4.41. The van der Waals surface area contributed by atoms with Crippen molar-refractivity contribution in [3.05, 3.63) is 85.1 Å². The van der Waals surface area contributed by atoms with Crippen LogP contribution in [0.5, 0.6) is 0 Å². The van der Waals surface area contributed by atoms with Crippen molar-refractivity contribution in [2.45, 2.75) is 258 Å². The SMILES string of the molecule is CCCCC/C=C\C/C=C\C/C=C\C/C=C\CCCC(=O)OC[C@@H](COCCCCCCCCCCCCCCCCCC)OC(=O)CCCC/C=C\C/C=C\C/C=C\CCCCC. The van der Waals surface area contributed by atoms with Gasteiger partial charge < -0.3 is 14.2 Å². The molecule has 0 unspecified atom stereocenters. The van der Waals surface area contributed by atoms with Gasteiger partial charge in [-0.1, -0.05) is 228 Å². The molecule has 0 aliphatic rings. The lowest BCUT2D eigenvalue weighted by molar-refractivity contribution is -0.162. The number of rotatable bonds is 49. The molecule has 0 saturated carbocycles. The van der Waals surface area contributed by atoms with Crippen molar-refractivity contribution in [1.29, 1.82) is 0 Å². The molecule has 0 amide bonds. The molecule has 5 nitrogen and oxygen atoms in total. The first-order valence-corrected chi connectivity index (χ1v) is 27.1. The van der Waals surface area contributed by atoms with Gasteiger partial charge in [0.1, 0.15) is 6.61 Å². The molecule has 1 atom stereocenters. The molecule has 0 aromatic carbocycles. The van der Waals surface area contributed by atoms with E-state index < -0.39 is 6.10 Å². The van der Waals surface area contributed by atoms with Crippen LogP contribution in [0.3, 0.4) is 0 Å². The van der Waals surface area contributed by atoms with Crippen LogP contribution >= 0.6 is 0 Å². The highest BCUT2D eigenvalue weighted by atomic mass is 16.6. The summed E-state index contributed by atoms with van der Waals surface area (Å²) in [6.45, 7) is 7.69. The third kappa shape index (κ3) is 51.7. The van der Waals surface area contributed by atoms with Crippen LogP contribution in [0.2, 0.25) is 0 Å². The van der Waals surface area contributed by atoms with E-state index in [0.29, 0.717) is 19.4 Å². The molecular formula is C59H102O5. The van der Waals surface area contributed by atoms with E-state index in [1.807, 2.05) is 0 Å². The van der Waals surface area contributed by atoms with Gasteiger partial charge in [-0.2, -0.15) is 0 Å². The zero-order valence-electron chi connectivity index (χ0n) is 42.3. The molecule has 0 saturated heterocycles. The topological polar surface area (TPSA) is 61.8 Å². The first-order valence-electron chi connectivity index (χ1n) is 27.1. The zero-order valence-corrected chi connectivity index (χ0v) is 42.3. The minimum absolute atomic E-state index is 0.0404. The molecule has 0 aliphatic carbocycles. The summed E-state index contributed by atoms with van der Waals surface area (Å²) < 4.78 is 17.4. The van der Waals surface area contributed by atoms with Gasteiger partial charge in [0.15, 0.2) is 6.10 Å². The maximum absolute atomic E-state index is 12.8. The molecule has 0 aliphatic heterocycles. The second kappa shape index (κ2) is 54.4. The molecule has 0 heterocycles. The fourth-order valence-electron chi connectivity index (χ4n) is 7.33. The largest absolute Gasteiger partial charge is 0.462 e. The Morgan fingerprint density at radius 3 is 1.09 bits per heavy atom. The summed E-state index contributed by atoms with van der Waals surface area (Å²) in [5.74, 6) is -0.502. The Kier molecular flexibility index (Phi) is 51.9. The van der Waals surface area contributed by atoms with Gasteiger partial charge in [0, 0.05) is 19.4 Å². The van der Waals surface area contributed by atoms with Crippen LogP contribution < -0.4 is 0 Å². The quantitative estimate of drug-likeness (QED) is 0.0346. The van der Waals surface area contributed by atoms with E-state index in [-0.39, 0.29) is 25.2 Å². The maximum Gasteiger partial charge on any atom is 0.306 e. The minimum Gasteiger partial charge on any atom is -0.462 e. The third-order valence-electron chi connectivity index (χ3n) is 11.4. The predicted molar refractivity (Wildman–Crippen MR) is 279 cm³/mol. The van der Waals surface area contributed by atoms with E-state index >= 15 is 0 Å². The van der Waals surface area contributed by atoms with Gasteiger partial charge in [-0.3, -0.25) is 9.59 Å². The number of unbranched alkanes of at least 4 members (excludes halogenated alkanes) is 24. The van der Waals surface area contributed by atoms with Crippen molar-refractivity contribution in [2.75, 3.05) is 19.8 Å². The van der Waals surface area contributed by atoms with Crippen molar-refractivity contribution in [3.63, 3.8) is 0 Å². The minimum atomic E-state index is -0.580. The number of carbonyl (C=O) groups is 2. The van der Waals surface area contributed by atoms with Crippen LogP contribution in [0, 0.1) is 0 Å². The second-order valence-electron chi connectivity index (χ2n) is 17.8. The van der Waals surface area contributed by atoms with Crippen LogP contribution in [0.15, 0.2) is 85.1 Å². The van der Waals surface area contributed by atoms with Crippen LogP contribution in [-0.4, -0.2) is 37.9 Å². The van der Waals surface area contributed by atoms with E-state index in [4.69, 9.17) is 14.2 Å². The molecule has 64 heavy (non-hydrogen) atoms. The summed E-state index contributed by atoms with van der Waals surface area (Å²) in [5.41, 5.74) is 0. The third-order valence-corrected chi connectivity index (χ3v) is 11.4. The Morgan fingerprint density at radius 1 is 0.344 bits per heavy atom. The lowest BCUT2D eigenvalue weighted by Gasteiger charge is -2.18. The zero-order chi connectivity index (χ0) is 46.3. The predicted octanol–water partition coefficient (Wildman–Crippen LogP) is 18.5. The summed E-state index contributed by atoms with van der Waals surface area (Å²) in [7, 11) is 0. The molecule has 0 aromatic rings. The van der Waals surface area contributed by atoms with Crippen molar-refractivity contribution >= 4 is 11.9 Å². The number of hydrogen-bond donors (Lipinski definition) is 0. The average Bonchev–Trinajstić information content (AvgIpc) is 3.30. The monoisotopic (exact) mass is 891 g/mol. The van der Waals surface area contributed by atoms with Gasteiger partial charge in [-0.05, 0) is 96.3 Å². The summed E-state index contributed by atoms with van der Waals surface area (Å²) in [6, 6.07) is 0. The van der Waals surface area contributed by atoms with E-state index in [2.05, 4.69) is 106 Å². The molecule has 5 heteroatoms. The lowest BCUT2D eigenvalue weighted by atomic mass is 10.0. The van der Waals surface area contributed by atoms with Gasteiger partial charge in [0.05, 0.1) is 6.61 Å². The summed E-state index contributed by atoms with van der Waals surface area (Å²) in [4.78, 5) is 25.4. The molecule has 0 aromatic heterocycles. The Bertz CT molecular complexity index is 1190. The van der Waals surface area contributed by atoms with E-state index in [0.717, 1.165) is 77.0 Å². The molecule has 0 radical (unpaired) electrons. The highest BCUT2D eigenvalue weighted by Crippen LogP contribution is 2.14. The first kappa shape index (κ1) is 61.1. The number of esters is 2. The number of hydrogen-bond acceptors (Lipinski definition) is 5. The summed E-state index contributed by atoms with van der Waals surface area (Å²) in [6.07, 6.45) is 71.7. The standard InChI is InChI=1S/C59H102O5/c1-4-7-10-13-16-19-22-25-28-30-32-34-37-40-43-46-49-52-58(60)63-56-57(55-62-54-51-48-45-42-39-36-33-29-26-23-20-17-14-11-8-5-2)64-59(61)53-50-47-44-41-38-35-31-27-24-21-18-15-12-9-6-3/h16,18-19,21,25,27-28,31-32,34,38,40-41,43,57H,4-15,17,20,22-24,26,29-30,33,35-37,39,42,44-56H2,1-3H3/b19-16-,21-18-,28-25-,31-27-,34-32-,41-38-,43-40-/t57-/m1/s1. The Hall–Kier alpha value is -2.92. The molecule has 0 rings (SSSR count). The normalized spacial score (nSPS) is 12.9. The fourth-order valence-corrected chi connectivity index (χ4v) is 7.33. The maximum atomic E-state index is 12.8. The van der Waals surface area contributed by atoms with Crippen molar-refractivity contribution in [3.8, 4) is 0 Å². The second-order valence-corrected chi connectivity index (χ2v) is 17.8. The van der Waals surface area contributed by atoms with Crippen molar-refractivity contribution in [1.82, 2.24) is 0 Å². The van der Waals surface area contributed by atoms with Crippen LogP contribution in [0.4, 0.5) is 0 Å². The van der Waals surface area contributed by atoms with Gasteiger partial charge in [0.25, 0.3) is 0 Å². The summed E-state index contributed by atoms with van der Waals surface area (Å²) >= 11 is 0. The smallest absolute Gasteiger partial charge is 0.306 e. The summed E-state index contributed by atoms with van der Waals surface area (Å²) in [5, 5.41) is 0. The molecular weight excluding hydrogens is 789 g/mol. The molecule has 368 valence electrons. The van der Waals surface area contributed by atoms with Gasteiger partial charge in [0.2, 0.25) is 0 Å². The number of ether oxygens (including phenoxy) is 3. The lowest BCUT2D eigenvalue weighted by Crippen LogP contribution is -2.30. The number of carbonyl (C=O) groups excluding carboxylic acids is 2. The van der Waals surface area contributed by atoms with E-state index in [1.165, 1.54) is 141 Å². The van der Waals surface area contributed by atoms with Gasteiger partial charge >= 0.3 is 11.9 Å². The first-order chi connectivity index (χ1) is 31.6. The Labute approximate surface area is 397 Å². The molecule has 0 spiro atoms. The molecule has 0 fully saturated rings. The van der Waals surface area contributed by atoms with Crippen molar-refractivity contribution < 1.29 is 23.8 Å². The van der Waals surface area contributed by atoms with Gasteiger partial charge in [-0.25, -0.2) is 0 Å². The van der Waals surface area contributed by atoms with Crippen LogP contribution in [0.1, 0.15) is 252 Å². The van der Waals surface area contributed by atoms with Gasteiger partial charge in [-0.15, -0.1) is 0 Å². The highest BCUT2D eigenvalue weighted by Gasteiger charge is 2.17. The fraction of sp³-hybridized carbons (Fsp3) is 0.729. The average molecular weight is 891 g/mol. The van der Waals surface area contributed by atoms with Crippen LogP contribution in [-0.2, 0) is 23.8 Å². The van der Waals surface area contributed by atoms with Crippen molar-refractivity contribution in [2.24, 2.45) is 0 Å². The van der Waals surface area contributed by atoms with E-state index in [9.17, 15) is 9.59 Å². The Morgan fingerprint density at radius 2 is 0.672 bits per heavy atom. The van der Waals surface area contributed by atoms with E-state index in [1.54, 1.807) is 0 Å².